The third-order valence-electron chi connectivity index (χ3n) is 7.45. The van der Waals surface area contributed by atoms with Crippen molar-refractivity contribution in [3.8, 4) is 0 Å². The second-order valence-corrected chi connectivity index (χ2v) is 9.98. The van der Waals surface area contributed by atoms with Crippen LogP contribution in [-0.4, -0.2) is 0 Å². The van der Waals surface area contributed by atoms with E-state index in [4.69, 9.17) is 0 Å². The molecule has 0 aromatic heterocycles. The Morgan fingerprint density at radius 2 is 0.675 bits per heavy atom. The quantitative estimate of drug-likeness (QED) is 0.220. The molecule has 0 N–H and O–H groups in total. The maximum absolute atomic E-state index is 2.27. The van der Waals surface area contributed by atoms with Crippen LogP contribution >= 0.6 is 0 Å². The molecule has 0 saturated heterocycles. The molecule has 0 heteroatoms. The van der Waals surface area contributed by atoms with Crippen molar-refractivity contribution in [2.24, 2.45) is 0 Å². The zero-order chi connectivity index (χ0) is 27.0. The van der Waals surface area contributed by atoms with Crippen molar-refractivity contribution in [1.82, 2.24) is 0 Å². The SMILES string of the molecule is C1=CCC=C1.c1ccc(C2=C(c3ccccc3)C(c3ccccc3)C(c3ccccc3)=C2c2ccccc2)cc1. The first-order valence-electron chi connectivity index (χ1n) is 14.0. The van der Waals surface area contributed by atoms with Crippen LogP contribution in [0.15, 0.2) is 176 Å². The summed E-state index contributed by atoms with van der Waals surface area (Å²) in [4.78, 5) is 0. The zero-order valence-corrected chi connectivity index (χ0v) is 22.5. The van der Waals surface area contributed by atoms with Crippen molar-refractivity contribution in [2.45, 2.75) is 12.3 Å². The second-order valence-electron chi connectivity index (χ2n) is 9.98. The van der Waals surface area contributed by atoms with Crippen LogP contribution in [0.2, 0.25) is 0 Å². The Bertz CT molecular complexity index is 1550. The Labute approximate surface area is 238 Å². The summed E-state index contributed by atoms with van der Waals surface area (Å²) in [5.74, 6) is 0.117. The molecule has 0 unspecified atom stereocenters. The van der Waals surface area contributed by atoms with Crippen molar-refractivity contribution in [3.63, 3.8) is 0 Å². The molecule has 0 heterocycles. The Morgan fingerprint density at radius 3 is 1.00 bits per heavy atom. The molecule has 0 spiro atoms. The first-order valence-corrected chi connectivity index (χ1v) is 14.0. The van der Waals surface area contributed by atoms with Gasteiger partial charge in [0.15, 0.2) is 0 Å². The van der Waals surface area contributed by atoms with E-state index in [1.165, 1.54) is 50.1 Å². The normalized spacial score (nSPS) is 14.4. The average molecular weight is 513 g/mol. The summed E-state index contributed by atoms with van der Waals surface area (Å²) < 4.78 is 0. The lowest BCUT2D eigenvalue weighted by atomic mass is 9.81. The van der Waals surface area contributed by atoms with Gasteiger partial charge in [-0.25, -0.2) is 0 Å². The van der Waals surface area contributed by atoms with Crippen molar-refractivity contribution >= 4 is 22.3 Å². The molecule has 2 aliphatic carbocycles. The van der Waals surface area contributed by atoms with E-state index in [0.717, 1.165) is 6.42 Å². The molecule has 192 valence electrons. The lowest BCUT2D eigenvalue weighted by Crippen LogP contribution is -2.03. The molecule has 0 saturated carbocycles. The molecule has 5 aromatic rings. The predicted molar refractivity (Wildman–Crippen MR) is 171 cm³/mol. The highest BCUT2D eigenvalue weighted by Crippen LogP contribution is 2.58. The largest absolute Gasteiger partial charge is 0.0808 e. The predicted octanol–water partition coefficient (Wildman–Crippen LogP) is 10.5. The van der Waals surface area contributed by atoms with Crippen LogP contribution in [0.5, 0.6) is 0 Å². The van der Waals surface area contributed by atoms with E-state index in [-0.39, 0.29) is 5.92 Å². The van der Waals surface area contributed by atoms with Crippen LogP contribution in [0.25, 0.3) is 22.3 Å². The smallest absolute Gasteiger partial charge is 0.0364 e. The molecular weight excluding hydrogens is 480 g/mol. The molecule has 2 aliphatic rings. The number of benzene rings is 5. The molecule has 0 fully saturated rings. The summed E-state index contributed by atoms with van der Waals surface area (Å²) in [6, 6.07) is 54.5. The van der Waals surface area contributed by atoms with Gasteiger partial charge in [0.2, 0.25) is 0 Å². The third-order valence-corrected chi connectivity index (χ3v) is 7.45. The molecule has 0 amide bonds. The molecular formula is C40H32. The molecule has 0 nitrogen and oxygen atoms in total. The van der Waals surface area contributed by atoms with Crippen molar-refractivity contribution in [1.29, 1.82) is 0 Å². The third kappa shape index (κ3) is 5.30. The van der Waals surface area contributed by atoms with Crippen LogP contribution in [-0.2, 0) is 0 Å². The van der Waals surface area contributed by atoms with E-state index in [1.807, 2.05) is 0 Å². The summed E-state index contributed by atoms with van der Waals surface area (Å²) in [6.07, 6.45) is 9.50. The van der Waals surface area contributed by atoms with E-state index in [1.54, 1.807) is 0 Å². The number of hydrogen-bond acceptors (Lipinski definition) is 0. The highest BCUT2D eigenvalue weighted by atomic mass is 14.4. The van der Waals surface area contributed by atoms with E-state index >= 15 is 0 Å². The Balaban J connectivity index is 0.000000523. The molecule has 40 heavy (non-hydrogen) atoms. The van der Waals surface area contributed by atoms with Gasteiger partial charge in [0.25, 0.3) is 0 Å². The maximum atomic E-state index is 2.27. The first kappa shape index (κ1) is 25.3. The van der Waals surface area contributed by atoms with Crippen molar-refractivity contribution < 1.29 is 0 Å². The van der Waals surface area contributed by atoms with Crippen LogP contribution in [0.3, 0.4) is 0 Å². The molecule has 7 rings (SSSR count). The van der Waals surface area contributed by atoms with Gasteiger partial charge < -0.3 is 0 Å². The van der Waals surface area contributed by atoms with Crippen LogP contribution < -0.4 is 0 Å². The highest BCUT2D eigenvalue weighted by molar-refractivity contribution is 6.29. The van der Waals surface area contributed by atoms with Crippen LogP contribution in [0, 0.1) is 0 Å². The van der Waals surface area contributed by atoms with Gasteiger partial charge in [-0.1, -0.05) is 176 Å². The topological polar surface area (TPSA) is 0 Å². The number of rotatable bonds is 5. The van der Waals surface area contributed by atoms with Gasteiger partial charge in [-0.05, 0) is 56.5 Å². The zero-order valence-electron chi connectivity index (χ0n) is 22.5. The average Bonchev–Trinajstić information content (AvgIpc) is 3.74. The second kappa shape index (κ2) is 12.3. The van der Waals surface area contributed by atoms with Crippen molar-refractivity contribution in [3.05, 3.63) is 204 Å². The van der Waals surface area contributed by atoms with Crippen LogP contribution in [0.4, 0.5) is 0 Å². The molecule has 0 atom stereocenters. The van der Waals surface area contributed by atoms with Gasteiger partial charge in [-0.2, -0.15) is 0 Å². The molecule has 0 bridgehead atoms. The fourth-order valence-corrected chi connectivity index (χ4v) is 5.74. The fourth-order valence-electron chi connectivity index (χ4n) is 5.74. The van der Waals surface area contributed by atoms with Crippen molar-refractivity contribution in [2.75, 3.05) is 0 Å². The number of hydrogen-bond donors (Lipinski definition) is 0. The number of allylic oxidation sites excluding steroid dienone is 8. The van der Waals surface area contributed by atoms with E-state index in [2.05, 4.69) is 176 Å². The Kier molecular flexibility index (Phi) is 7.78. The minimum Gasteiger partial charge on any atom is -0.0808 e. The lowest BCUT2D eigenvalue weighted by molar-refractivity contribution is 1.14. The Morgan fingerprint density at radius 1 is 0.350 bits per heavy atom. The summed E-state index contributed by atoms with van der Waals surface area (Å²) in [5.41, 5.74) is 11.7. The summed E-state index contributed by atoms with van der Waals surface area (Å²) in [7, 11) is 0. The first-order chi connectivity index (χ1) is 19.9. The lowest BCUT2D eigenvalue weighted by Gasteiger charge is -2.22. The van der Waals surface area contributed by atoms with Gasteiger partial charge in [0.1, 0.15) is 0 Å². The van der Waals surface area contributed by atoms with E-state index in [9.17, 15) is 0 Å². The molecule has 5 aromatic carbocycles. The summed E-state index contributed by atoms with van der Waals surface area (Å²) >= 11 is 0. The van der Waals surface area contributed by atoms with E-state index < -0.39 is 0 Å². The van der Waals surface area contributed by atoms with Gasteiger partial charge in [-0.15, -0.1) is 0 Å². The summed E-state index contributed by atoms with van der Waals surface area (Å²) in [6.45, 7) is 0. The van der Waals surface area contributed by atoms with Gasteiger partial charge in [0, 0.05) is 5.92 Å². The standard InChI is InChI=1S/C35H26.C5H6/c1-6-16-26(17-7-1)31-32(27-18-8-2-9-19-27)34(29-22-12-4-13-23-29)35(30-24-14-5-15-25-30)33(31)28-20-10-3-11-21-28;1-2-4-5-3-1/h1-25,31H;1-4H,5H2. The van der Waals surface area contributed by atoms with Gasteiger partial charge in [-0.3, -0.25) is 0 Å². The summed E-state index contributed by atoms with van der Waals surface area (Å²) in [5, 5.41) is 0. The highest BCUT2D eigenvalue weighted by Gasteiger charge is 2.37. The van der Waals surface area contributed by atoms with Gasteiger partial charge in [0.05, 0.1) is 0 Å². The maximum Gasteiger partial charge on any atom is 0.0364 e. The Hall–Kier alpha value is -4.94. The minimum atomic E-state index is 0.117. The fraction of sp³-hybridized carbons (Fsp3) is 0.0500. The minimum absolute atomic E-state index is 0.117. The van der Waals surface area contributed by atoms with Crippen LogP contribution in [0.1, 0.15) is 40.2 Å². The van der Waals surface area contributed by atoms with E-state index in [0.29, 0.717) is 0 Å². The molecule has 0 aliphatic heterocycles. The van der Waals surface area contributed by atoms with Gasteiger partial charge >= 0.3 is 0 Å². The monoisotopic (exact) mass is 512 g/mol. The molecule has 0 radical (unpaired) electrons.